The van der Waals surface area contributed by atoms with Crippen LogP contribution in [0.4, 0.5) is 11.4 Å². The molecule has 1 unspecified atom stereocenters. The summed E-state index contributed by atoms with van der Waals surface area (Å²) in [5.41, 5.74) is 5.49. The summed E-state index contributed by atoms with van der Waals surface area (Å²) < 4.78 is 9.38. The lowest BCUT2D eigenvalue weighted by molar-refractivity contribution is -0.150. The van der Waals surface area contributed by atoms with Gasteiger partial charge >= 0.3 is 11.9 Å². The van der Waals surface area contributed by atoms with Gasteiger partial charge in [-0.05, 0) is 19.1 Å². The lowest BCUT2D eigenvalue weighted by Gasteiger charge is -2.20. The number of ether oxygens (including phenoxy) is 2. The molecule has 0 radical (unpaired) electrons. The second kappa shape index (κ2) is 5.84. The number of halogens is 1. The van der Waals surface area contributed by atoms with Gasteiger partial charge in [0.2, 0.25) is 5.91 Å². The predicted octanol–water partition coefficient (Wildman–Crippen LogP) is 0.884. The van der Waals surface area contributed by atoms with E-state index >= 15 is 0 Å². The van der Waals surface area contributed by atoms with Crippen LogP contribution in [0.3, 0.4) is 0 Å². The van der Waals surface area contributed by atoms with Gasteiger partial charge in [-0.3, -0.25) is 9.59 Å². The maximum atomic E-state index is 12.4. The predicted molar refractivity (Wildman–Crippen MR) is 82.2 cm³/mol. The van der Waals surface area contributed by atoms with Crippen molar-refractivity contribution in [1.29, 1.82) is 0 Å². The van der Waals surface area contributed by atoms with Gasteiger partial charge in [-0.2, -0.15) is 0 Å². The van der Waals surface area contributed by atoms with Gasteiger partial charge in [0.1, 0.15) is 0 Å². The number of esters is 2. The summed E-state index contributed by atoms with van der Waals surface area (Å²) in [5.74, 6) is -1.73. The standard InChI is InChI=1S/C14H16N2O5.ClH/c1-14(13(19)21-4)8-6-9(15)7(11(17)20-3)5-10(8)16(2)12(14)18;/h5-6H,15H2,1-4H3;1H. The normalized spacial score (nSPS) is 19.3. The molecule has 0 aliphatic carbocycles. The number of carbonyl (C=O) groups excluding carboxylic acids is 3. The number of nitrogen functional groups attached to an aromatic ring is 1. The number of rotatable bonds is 2. The van der Waals surface area contributed by atoms with Crippen molar-refractivity contribution in [1.82, 2.24) is 0 Å². The Hall–Kier alpha value is -2.28. The summed E-state index contributed by atoms with van der Waals surface area (Å²) in [6, 6.07) is 2.89. The van der Waals surface area contributed by atoms with Crippen LogP contribution in [0.15, 0.2) is 12.1 Å². The van der Waals surface area contributed by atoms with Crippen LogP contribution in [-0.2, 0) is 24.5 Å². The molecule has 7 nitrogen and oxygen atoms in total. The molecule has 2 rings (SSSR count). The first-order chi connectivity index (χ1) is 9.78. The van der Waals surface area contributed by atoms with Crippen molar-refractivity contribution in [2.75, 3.05) is 31.9 Å². The zero-order valence-electron chi connectivity index (χ0n) is 12.6. The fourth-order valence-corrected chi connectivity index (χ4v) is 2.53. The van der Waals surface area contributed by atoms with E-state index in [1.807, 2.05) is 0 Å². The number of anilines is 2. The van der Waals surface area contributed by atoms with Crippen molar-refractivity contribution in [2.45, 2.75) is 12.3 Å². The number of likely N-dealkylation sites (N-methyl/N-ethyl adjacent to an activating group) is 1. The summed E-state index contributed by atoms with van der Waals surface area (Å²) >= 11 is 0. The average molecular weight is 329 g/mol. The summed E-state index contributed by atoms with van der Waals surface area (Å²) in [6.45, 7) is 1.47. The van der Waals surface area contributed by atoms with Crippen LogP contribution in [-0.4, -0.2) is 39.1 Å². The van der Waals surface area contributed by atoms with E-state index in [0.717, 1.165) is 0 Å². The Morgan fingerprint density at radius 2 is 1.82 bits per heavy atom. The number of nitrogens with zero attached hydrogens (tertiary/aromatic N) is 1. The van der Waals surface area contributed by atoms with Crippen molar-refractivity contribution < 1.29 is 23.9 Å². The number of amides is 1. The van der Waals surface area contributed by atoms with Crippen molar-refractivity contribution >= 4 is 41.6 Å². The molecule has 1 aliphatic heterocycles. The smallest absolute Gasteiger partial charge is 0.340 e. The van der Waals surface area contributed by atoms with Crippen LogP contribution in [0, 0.1) is 0 Å². The molecule has 2 N–H and O–H groups in total. The van der Waals surface area contributed by atoms with Crippen LogP contribution >= 0.6 is 12.4 Å². The number of hydrogen-bond donors (Lipinski definition) is 1. The highest BCUT2D eigenvalue weighted by molar-refractivity contribution is 6.20. The lowest BCUT2D eigenvalue weighted by Crippen LogP contribution is -2.43. The lowest BCUT2D eigenvalue weighted by atomic mass is 9.83. The number of nitrogens with two attached hydrogens (primary N) is 1. The minimum atomic E-state index is -1.47. The van der Waals surface area contributed by atoms with Crippen LogP contribution in [0.5, 0.6) is 0 Å². The van der Waals surface area contributed by atoms with E-state index in [-0.39, 0.29) is 23.7 Å². The van der Waals surface area contributed by atoms with Gasteiger partial charge in [0.25, 0.3) is 0 Å². The third-order valence-corrected chi connectivity index (χ3v) is 3.80. The summed E-state index contributed by atoms with van der Waals surface area (Å²) in [7, 11) is 3.97. The van der Waals surface area contributed by atoms with Gasteiger partial charge in [0.05, 0.1) is 19.8 Å². The van der Waals surface area contributed by atoms with E-state index < -0.39 is 23.3 Å². The zero-order chi connectivity index (χ0) is 15.9. The first-order valence-electron chi connectivity index (χ1n) is 6.17. The molecule has 0 aromatic heterocycles. The molecule has 1 amide bonds. The molecule has 1 aromatic rings. The van der Waals surface area contributed by atoms with Crippen LogP contribution in [0.25, 0.3) is 0 Å². The topological polar surface area (TPSA) is 98.9 Å². The highest BCUT2D eigenvalue weighted by atomic mass is 35.5. The monoisotopic (exact) mass is 328 g/mol. The van der Waals surface area contributed by atoms with Crippen LogP contribution < -0.4 is 10.6 Å². The fraction of sp³-hybridized carbons (Fsp3) is 0.357. The molecule has 1 aliphatic rings. The molecule has 0 bridgehead atoms. The maximum absolute atomic E-state index is 12.4. The van der Waals surface area contributed by atoms with Gasteiger partial charge in [-0.1, -0.05) is 0 Å². The second-order valence-electron chi connectivity index (χ2n) is 4.93. The molecule has 22 heavy (non-hydrogen) atoms. The van der Waals surface area contributed by atoms with Gasteiger partial charge in [0, 0.05) is 24.0 Å². The van der Waals surface area contributed by atoms with Crippen molar-refractivity contribution in [3.63, 3.8) is 0 Å². The van der Waals surface area contributed by atoms with Crippen LogP contribution in [0.2, 0.25) is 0 Å². The Morgan fingerprint density at radius 1 is 1.23 bits per heavy atom. The van der Waals surface area contributed by atoms with E-state index in [1.54, 1.807) is 0 Å². The summed E-state index contributed by atoms with van der Waals surface area (Å²) in [5, 5.41) is 0. The summed E-state index contributed by atoms with van der Waals surface area (Å²) in [4.78, 5) is 37.4. The first kappa shape index (κ1) is 17.8. The molecule has 0 spiro atoms. The fourth-order valence-electron chi connectivity index (χ4n) is 2.53. The largest absolute Gasteiger partial charge is 0.468 e. The molecule has 0 saturated heterocycles. The third-order valence-electron chi connectivity index (χ3n) is 3.80. The molecule has 0 saturated carbocycles. The molecular formula is C14H17ClN2O5. The molecule has 8 heteroatoms. The third kappa shape index (κ3) is 2.18. The number of carbonyl (C=O) groups is 3. The number of benzene rings is 1. The van der Waals surface area contributed by atoms with Gasteiger partial charge in [-0.15, -0.1) is 12.4 Å². The Labute approximate surface area is 133 Å². The number of hydrogen-bond acceptors (Lipinski definition) is 6. The molecule has 1 atom stereocenters. The SMILES string of the molecule is COC(=O)c1cc2c(cc1N)C(C)(C(=O)OC)C(=O)N2C.Cl. The minimum absolute atomic E-state index is 0. The number of fused-ring (bicyclic) bond motifs is 1. The van der Waals surface area contributed by atoms with Crippen molar-refractivity contribution in [3.05, 3.63) is 23.3 Å². The Kier molecular flexibility index (Phi) is 4.72. The first-order valence-corrected chi connectivity index (χ1v) is 6.17. The molecular weight excluding hydrogens is 312 g/mol. The molecule has 120 valence electrons. The molecule has 1 aromatic carbocycles. The van der Waals surface area contributed by atoms with E-state index in [4.69, 9.17) is 10.5 Å². The highest BCUT2D eigenvalue weighted by Crippen LogP contribution is 2.43. The summed E-state index contributed by atoms with van der Waals surface area (Å²) in [6.07, 6.45) is 0. The minimum Gasteiger partial charge on any atom is -0.468 e. The van der Waals surface area contributed by atoms with E-state index in [1.165, 1.54) is 45.2 Å². The maximum Gasteiger partial charge on any atom is 0.340 e. The Morgan fingerprint density at radius 3 is 2.32 bits per heavy atom. The quantitative estimate of drug-likeness (QED) is 0.491. The van der Waals surface area contributed by atoms with E-state index in [9.17, 15) is 14.4 Å². The Bertz CT molecular complexity index is 661. The second-order valence-corrected chi connectivity index (χ2v) is 4.93. The van der Waals surface area contributed by atoms with Crippen LogP contribution in [0.1, 0.15) is 22.8 Å². The van der Waals surface area contributed by atoms with Crippen molar-refractivity contribution in [3.8, 4) is 0 Å². The molecule has 0 fully saturated rings. The van der Waals surface area contributed by atoms with Gasteiger partial charge in [-0.25, -0.2) is 4.79 Å². The van der Waals surface area contributed by atoms with E-state index in [2.05, 4.69) is 4.74 Å². The zero-order valence-corrected chi connectivity index (χ0v) is 13.4. The van der Waals surface area contributed by atoms with Gasteiger partial charge < -0.3 is 20.1 Å². The number of methoxy groups -OCH3 is 2. The Balaban J connectivity index is 0.00000242. The van der Waals surface area contributed by atoms with Gasteiger partial charge in [0.15, 0.2) is 5.41 Å². The molecule has 1 heterocycles. The van der Waals surface area contributed by atoms with Crippen molar-refractivity contribution in [2.24, 2.45) is 0 Å². The highest BCUT2D eigenvalue weighted by Gasteiger charge is 2.53. The average Bonchev–Trinajstić information content (AvgIpc) is 2.67. The van der Waals surface area contributed by atoms with E-state index in [0.29, 0.717) is 11.3 Å².